The molecular formula is C27H33BrN2O3. The smallest absolute Gasteiger partial charge is 0.239 e. The number of aryl methyl sites for hydroxylation is 1. The van der Waals surface area contributed by atoms with E-state index in [4.69, 9.17) is 4.74 Å². The molecule has 0 aliphatic carbocycles. The van der Waals surface area contributed by atoms with E-state index < -0.39 is 0 Å². The third-order valence-corrected chi connectivity index (χ3v) is 4.84. The predicted molar refractivity (Wildman–Crippen MR) is 138 cm³/mol. The highest BCUT2D eigenvalue weighted by Gasteiger charge is 2.06. The quantitative estimate of drug-likeness (QED) is 0.441. The highest BCUT2D eigenvalue weighted by molar-refractivity contribution is 9.10. The number of hydrogen-bond donors (Lipinski definition) is 2. The average Bonchev–Trinajstić information content (AvgIpc) is 2.86. The van der Waals surface area contributed by atoms with Crippen LogP contribution in [0.3, 0.4) is 0 Å². The van der Waals surface area contributed by atoms with Gasteiger partial charge in [0.25, 0.3) is 0 Å². The van der Waals surface area contributed by atoms with Crippen LogP contribution < -0.4 is 15.4 Å². The Balaban J connectivity index is 0.000000454. The van der Waals surface area contributed by atoms with Crippen LogP contribution in [0.2, 0.25) is 0 Å². The van der Waals surface area contributed by atoms with Gasteiger partial charge in [-0.2, -0.15) is 0 Å². The van der Waals surface area contributed by atoms with Crippen molar-refractivity contribution in [3.05, 3.63) is 100 Å². The second-order valence-corrected chi connectivity index (χ2v) is 7.78. The van der Waals surface area contributed by atoms with Crippen LogP contribution in [0.5, 0.6) is 5.75 Å². The Morgan fingerprint density at radius 1 is 0.788 bits per heavy atom. The van der Waals surface area contributed by atoms with Gasteiger partial charge < -0.3 is 15.4 Å². The van der Waals surface area contributed by atoms with E-state index in [0.29, 0.717) is 6.54 Å². The first-order valence-electron chi connectivity index (χ1n) is 10.9. The fraction of sp³-hybridized carbons (Fsp3) is 0.259. The van der Waals surface area contributed by atoms with Crippen molar-refractivity contribution in [2.45, 2.75) is 33.7 Å². The first kappa shape index (κ1) is 27.9. The van der Waals surface area contributed by atoms with Crippen LogP contribution >= 0.6 is 15.9 Å². The summed E-state index contributed by atoms with van der Waals surface area (Å²) >= 11 is 3.35. The monoisotopic (exact) mass is 512 g/mol. The van der Waals surface area contributed by atoms with Crippen molar-refractivity contribution in [3.63, 3.8) is 0 Å². The number of carbonyl (C=O) groups is 2. The standard InChI is InChI=1S/C18H20N2O3.C7H7Br.C2H6/c1-23-16-9-7-14(8-10-16)11-17(21)20-13-18(22)19-12-15-5-3-2-4-6-15;1-6-2-4-7(8)5-3-6;1-2/h2-10H,11-13H2,1H3,(H,19,22)(H,20,21);2-5H,1H3;1-2H3. The molecule has 0 radical (unpaired) electrons. The summed E-state index contributed by atoms with van der Waals surface area (Å²) in [4.78, 5) is 23.5. The summed E-state index contributed by atoms with van der Waals surface area (Å²) in [7, 11) is 1.59. The number of halogens is 1. The maximum atomic E-state index is 11.8. The van der Waals surface area contributed by atoms with Gasteiger partial charge >= 0.3 is 0 Å². The van der Waals surface area contributed by atoms with Crippen LogP contribution in [-0.4, -0.2) is 25.5 Å². The van der Waals surface area contributed by atoms with Crippen LogP contribution in [0.15, 0.2) is 83.3 Å². The first-order valence-corrected chi connectivity index (χ1v) is 11.7. The van der Waals surface area contributed by atoms with Gasteiger partial charge in [-0.25, -0.2) is 0 Å². The Morgan fingerprint density at radius 3 is 1.94 bits per heavy atom. The maximum Gasteiger partial charge on any atom is 0.239 e. The minimum atomic E-state index is -0.211. The van der Waals surface area contributed by atoms with Gasteiger partial charge in [0.2, 0.25) is 11.8 Å². The van der Waals surface area contributed by atoms with E-state index in [-0.39, 0.29) is 24.8 Å². The van der Waals surface area contributed by atoms with Crippen molar-refractivity contribution in [1.29, 1.82) is 0 Å². The SMILES string of the molecule is CC.COc1ccc(CC(=O)NCC(=O)NCc2ccccc2)cc1.Cc1ccc(Br)cc1. The highest BCUT2D eigenvalue weighted by atomic mass is 79.9. The van der Waals surface area contributed by atoms with Gasteiger partial charge in [-0.15, -0.1) is 0 Å². The lowest BCUT2D eigenvalue weighted by Crippen LogP contribution is -2.37. The van der Waals surface area contributed by atoms with E-state index in [0.717, 1.165) is 21.3 Å². The molecule has 0 heterocycles. The molecule has 2 amide bonds. The van der Waals surface area contributed by atoms with Crippen molar-refractivity contribution < 1.29 is 14.3 Å². The number of amides is 2. The predicted octanol–water partition coefficient (Wildman–Crippen LogP) is 5.45. The summed E-state index contributed by atoms with van der Waals surface area (Å²) in [5.74, 6) is 0.344. The summed E-state index contributed by atoms with van der Waals surface area (Å²) in [6, 6.07) is 25.1. The third-order valence-electron chi connectivity index (χ3n) is 4.31. The van der Waals surface area contributed by atoms with Crippen LogP contribution in [-0.2, 0) is 22.6 Å². The third kappa shape index (κ3) is 12.5. The Morgan fingerprint density at radius 2 is 1.39 bits per heavy atom. The summed E-state index contributed by atoms with van der Waals surface area (Å²) in [5, 5.41) is 5.38. The maximum absolute atomic E-state index is 11.8. The van der Waals surface area contributed by atoms with Gasteiger partial charge in [-0.3, -0.25) is 9.59 Å². The number of ether oxygens (including phenoxy) is 1. The van der Waals surface area contributed by atoms with E-state index in [2.05, 4.69) is 45.6 Å². The minimum Gasteiger partial charge on any atom is -0.497 e. The lowest BCUT2D eigenvalue weighted by atomic mass is 10.1. The number of benzene rings is 3. The zero-order valence-electron chi connectivity index (χ0n) is 19.7. The average molecular weight is 513 g/mol. The minimum absolute atomic E-state index is 0.0260. The number of hydrogen-bond acceptors (Lipinski definition) is 3. The highest BCUT2D eigenvalue weighted by Crippen LogP contribution is 2.11. The second kappa shape index (κ2) is 16.5. The second-order valence-electron chi connectivity index (χ2n) is 6.86. The lowest BCUT2D eigenvalue weighted by Gasteiger charge is -2.07. The van der Waals surface area contributed by atoms with E-state index >= 15 is 0 Å². The van der Waals surface area contributed by atoms with Crippen LogP contribution in [0, 0.1) is 6.92 Å². The van der Waals surface area contributed by atoms with E-state index in [9.17, 15) is 9.59 Å². The molecule has 6 heteroatoms. The zero-order chi connectivity index (χ0) is 24.5. The summed E-state index contributed by atoms with van der Waals surface area (Å²) in [6.45, 7) is 6.50. The van der Waals surface area contributed by atoms with Crippen molar-refractivity contribution in [2.75, 3.05) is 13.7 Å². The molecule has 0 spiro atoms. The molecule has 3 aromatic rings. The molecule has 3 aromatic carbocycles. The van der Waals surface area contributed by atoms with E-state index in [1.165, 1.54) is 5.56 Å². The van der Waals surface area contributed by atoms with Crippen LogP contribution in [0.4, 0.5) is 0 Å². The summed E-state index contributed by atoms with van der Waals surface area (Å²) in [5.41, 5.74) is 3.19. The van der Waals surface area contributed by atoms with Crippen molar-refractivity contribution in [1.82, 2.24) is 10.6 Å². The Bertz CT molecular complexity index is 922. The van der Waals surface area contributed by atoms with Crippen LogP contribution in [0.25, 0.3) is 0 Å². The molecule has 0 saturated carbocycles. The fourth-order valence-corrected chi connectivity index (χ4v) is 2.83. The molecule has 33 heavy (non-hydrogen) atoms. The van der Waals surface area contributed by atoms with Gasteiger partial charge in [-0.1, -0.05) is 89.9 Å². The molecular weight excluding hydrogens is 480 g/mol. The van der Waals surface area contributed by atoms with E-state index in [1.807, 2.05) is 68.4 Å². The summed E-state index contributed by atoms with van der Waals surface area (Å²) in [6.07, 6.45) is 0.232. The zero-order valence-corrected chi connectivity index (χ0v) is 21.3. The molecule has 3 rings (SSSR count). The number of carbonyl (C=O) groups excluding carboxylic acids is 2. The Kier molecular flexibility index (Phi) is 14.0. The molecule has 5 nitrogen and oxygen atoms in total. The molecule has 176 valence electrons. The van der Waals surface area contributed by atoms with Crippen LogP contribution in [0.1, 0.15) is 30.5 Å². The van der Waals surface area contributed by atoms with Crippen molar-refractivity contribution >= 4 is 27.7 Å². The first-order chi connectivity index (χ1) is 16.0. The molecule has 0 aromatic heterocycles. The molecule has 0 unspecified atom stereocenters. The normalized spacial score (nSPS) is 9.36. The molecule has 2 N–H and O–H groups in total. The molecule has 0 fully saturated rings. The fourth-order valence-electron chi connectivity index (χ4n) is 2.56. The number of methoxy groups -OCH3 is 1. The van der Waals surface area contributed by atoms with Gasteiger partial charge in [0.05, 0.1) is 20.1 Å². The Labute approximate surface area is 205 Å². The largest absolute Gasteiger partial charge is 0.497 e. The van der Waals surface area contributed by atoms with Gasteiger partial charge in [0, 0.05) is 11.0 Å². The van der Waals surface area contributed by atoms with Crippen molar-refractivity contribution in [2.24, 2.45) is 0 Å². The molecule has 0 aliphatic rings. The number of nitrogens with one attached hydrogen (secondary N) is 2. The lowest BCUT2D eigenvalue weighted by molar-refractivity contribution is -0.125. The molecule has 0 saturated heterocycles. The molecule has 0 atom stereocenters. The number of rotatable bonds is 7. The van der Waals surface area contributed by atoms with Gasteiger partial charge in [-0.05, 0) is 42.3 Å². The molecule has 0 bridgehead atoms. The van der Waals surface area contributed by atoms with Gasteiger partial charge in [0.1, 0.15) is 5.75 Å². The molecule has 0 aliphatic heterocycles. The van der Waals surface area contributed by atoms with Gasteiger partial charge in [0.15, 0.2) is 0 Å². The van der Waals surface area contributed by atoms with E-state index in [1.54, 1.807) is 19.2 Å². The summed E-state index contributed by atoms with van der Waals surface area (Å²) < 4.78 is 6.20. The van der Waals surface area contributed by atoms with Crippen molar-refractivity contribution in [3.8, 4) is 5.75 Å². The topological polar surface area (TPSA) is 67.4 Å². The Hall–Kier alpha value is -3.12.